The smallest absolute Gasteiger partial charge is 0.291 e. The van der Waals surface area contributed by atoms with Crippen LogP contribution in [0.5, 0.6) is 5.88 Å². The molecule has 7 rings (SSSR count). The zero-order chi connectivity index (χ0) is 36.4. The van der Waals surface area contributed by atoms with E-state index in [1.807, 2.05) is 29.8 Å². The van der Waals surface area contributed by atoms with Gasteiger partial charge in [-0.25, -0.2) is 9.97 Å². The van der Waals surface area contributed by atoms with Gasteiger partial charge in [0.1, 0.15) is 0 Å². The number of hydrogen-bond acceptors (Lipinski definition) is 9. The molecule has 0 unspecified atom stereocenters. The molecule has 52 heavy (non-hydrogen) atoms. The number of hydrogen-bond donors (Lipinski definition) is 4. The number of nitrogens with one attached hydrogen (secondary N) is 3. The summed E-state index contributed by atoms with van der Waals surface area (Å²) < 4.78 is 7.51. The van der Waals surface area contributed by atoms with Crippen LogP contribution < -0.4 is 20.7 Å². The van der Waals surface area contributed by atoms with Crippen LogP contribution in [0.15, 0.2) is 42.6 Å². The Morgan fingerprint density at radius 3 is 2.63 bits per heavy atom. The van der Waals surface area contributed by atoms with E-state index < -0.39 is 0 Å². The normalized spacial score (nSPS) is 20.4. The number of amides is 2. The first-order valence-electron chi connectivity index (χ1n) is 17.9. The predicted octanol–water partition coefficient (Wildman–Crippen LogP) is 5.39. The molecule has 3 aromatic heterocycles. The number of carbonyl (C=O) groups is 2. The minimum Gasteiger partial charge on any atom is -0.481 e. The van der Waals surface area contributed by atoms with Crippen LogP contribution in [0.3, 0.4) is 0 Å². The molecular weight excluding hydrogens is 703 g/mol. The van der Waals surface area contributed by atoms with Crippen LogP contribution in [0.25, 0.3) is 22.5 Å². The Bertz CT molecular complexity index is 1960. The molecule has 2 amide bonds. The van der Waals surface area contributed by atoms with Gasteiger partial charge in [-0.1, -0.05) is 41.4 Å². The Hall–Kier alpha value is -4.07. The first-order chi connectivity index (χ1) is 25.2. The summed E-state index contributed by atoms with van der Waals surface area (Å²) in [6.45, 7) is 3.79. The molecule has 1 aromatic carbocycles. The molecule has 3 aliphatic rings. The summed E-state index contributed by atoms with van der Waals surface area (Å²) in [5.74, 6) is 1.11. The van der Waals surface area contributed by atoms with E-state index in [-0.39, 0.29) is 24.0 Å². The summed E-state index contributed by atoms with van der Waals surface area (Å²) in [6, 6.07) is 11.1. The van der Waals surface area contributed by atoms with E-state index in [0.717, 1.165) is 68.6 Å². The molecule has 1 atom stereocenters. The lowest BCUT2D eigenvalue weighted by molar-refractivity contribution is -0.119. The van der Waals surface area contributed by atoms with Crippen LogP contribution >= 0.6 is 23.2 Å². The third-order valence-electron chi connectivity index (χ3n) is 10.5. The molecule has 0 radical (unpaired) electrons. The van der Waals surface area contributed by atoms with Crippen molar-refractivity contribution in [1.82, 2.24) is 35.1 Å². The molecule has 2 aliphatic heterocycles. The highest BCUT2D eigenvalue weighted by Crippen LogP contribution is 2.40. The lowest BCUT2D eigenvalue weighted by atomic mass is 9.87. The van der Waals surface area contributed by atoms with Gasteiger partial charge in [-0.3, -0.25) is 19.5 Å². The van der Waals surface area contributed by atoms with Crippen LogP contribution in [-0.4, -0.2) is 80.2 Å². The minimum absolute atomic E-state index is 0.0880. The molecule has 0 spiro atoms. The van der Waals surface area contributed by atoms with Crippen LogP contribution in [0.2, 0.25) is 10.0 Å². The lowest BCUT2D eigenvalue weighted by Gasteiger charge is -2.33. The number of ether oxygens (including phenoxy) is 1. The molecular formula is C38H44Cl2N8O4. The number of imidazole rings is 1. The summed E-state index contributed by atoms with van der Waals surface area (Å²) in [5, 5.41) is 19.9. The molecule has 1 saturated heterocycles. The summed E-state index contributed by atoms with van der Waals surface area (Å²) in [5.41, 5.74) is 5.55. The van der Waals surface area contributed by atoms with Crippen molar-refractivity contribution >= 4 is 40.7 Å². The molecule has 5 heterocycles. The van der Waals surface area contributed by atoms with E-state index in [0.29, 0.717) is 81.9 Å². The lowest BCUT2D eigenvalue weighted by Crippen LogP contribution is -2.36. The maximum Gasteiger partial charge on any atom is 0.291 e. The summed E-state index contributed by atoms with van der Waals surface area (Å²) in [7, 11) is 3.46. The molecule has 14 heteroatoms. The average molecular weight is 748 g/mol. The number of anilines is 1. The highest BCUT2D eigenvalue weighted by molar-refractivity contribution is 6.39. The monoisotopic (exact) mass is 746 g/mol. The van der Waals surface area contributed by atoms with E-state index in [9.17, 15) is 14.7 Å². The number of carbonyl (C=O) groups excluding carboxylic acids is 2. The largest absolute Gasteiger partial charge is 0.481 e. The molecule has 1 saturated carbocycles. The molecule has 0 bridgehead atoms. The van der Waals surface area contributed by atoms with Gasteiger partial charge in [0, 0.05) is 87.2 Å². The number of rotatable bonds is 11. The Kier molecular flexibility index (Phi) is 11.1. The van der Waals surface area contributed by atoms with Crippen molar-refractivity contribution in [3.05, 3.63) is 75.4 Å². The van der Waals surface area contributed by atoms with Gasteiger partial charge in [-0.05, 0) is 56.2 Å². The SMILES string of the molecule is COc1nc(-c2ccnc(-c3cccc(NC(=O)c4nc5c(n4C)CCN(CC4CCC(O)CC4)C5)c3Cl)c2Cl)ccc1CNC[C@@H]1CCC(=O)N1. The summed E-state index contributed by atoms with van der Waals surface area (Å²) in [6.07, 6.45) is 7.54. The van der Waals surface area contributed by atoms with Gasteiger partial charge in [0.2, 0.25) is 11.8 Å². The molecule has 1 aliphatic carbocycles. The van der Waals surface area contributed by atoms with Gasteiger partial charge in [0.15, 0.2) is 5.82 Å². The van der Waals surface area contributed by atoms with Crippen molar-refractivity contribution in [2.45, 2.75) is 70.2 Å². The average Bonchev–Trinajstić information content (AvgIpc) is 3.72. The predicted molar refractivity (Wildman–Crippen MR) is 200 cm³/mol. The zero-order valence-corrected chi connectivity index (χ0v) is 30.9. The zero-order valence-electron chi connectivity index (χ0n) is 29.4. The van der Waals surface area contributed by atoms with Crippen LogP contribution in [0.4, 0.5) is 5.69 Å². The number of benzene rings is 1. The summed E-state index contributed by atoms with van der Waals surface area (Å²) in [4.78, 5) is 41.7. The topological polar surface area (TPSA) is 147 Å². The van der Waals surface area contributed by atoms with E-state index in [1.165, 1.54) is 0 Å². The number of aliphatic hydroxyl groups excluding tert-OH is 1. The van der Waals surface area contributed by atoms with Gasteiger partial charge in [-0.15, -0.1) is 0 Å². The fourth-order valence-electron chi connectivity index (χ4n) is 7.59. The van der Waals surface area contributed by atoms with Crippen molar-refractivity contribution in [2.24, 2.45) is 13.0 Å². The van der Waals surface area contributed by atoms with Crippen molar-refractivity contribution in [2.75, 3.05) is 32.1 Å². The quantitative estimate of drug-likeness (QED) is 0.159. The van der Waals surface area contributed by atoms with Gasteiger partial charge in [0.25, 0.3) is 5.91 Å². The molecule has 4 N–H and O–H groups in total. The van der Waals surface area contributed by atoms with Gasteiger partial charge in [-0.2, -0.15) is 0 Å². The van der Waals surface area contributed by atoms with Crippen molar-refractivity contribution < 1.29 is 19.4 Å². The Morgan fingerprint density at radius 2 is 1.87 bits per heavy atom. The first kappa shape index (κ1) is 36.3. The third kappa shape index (κ3) is 7.81. The van der Waals surface area contributed by atoms with Gasteiger partial charge >= 0.3 is 0 Å². The maximum absolute atomic E-state index is 13.6. The number of aliphatic hydroxyl groups is 1. The molecule has 12 nitrogen and oxygen atoms in total. The second-order valence-electron chi connectivity index (χ2n) is 14.0. The van der Waals surface area contributed by atoms with Crippen LogP contribution in [0, 0.1) is 5.92 Å². The van der Waals surface area contributed by atoms with Gasteiger partial charge in [0.05, 0.1) is 46.0 Å². The Morgan fingerprint density at radius 1 is 1.04 bits per heavy atom. The number of halogens is 2. The van der Waals surface area contributed by atoms with Crippen molar-refractivity contribution in [3.63, 3.8) is 0 Å². The fourth-order valence-corrected chi connectivity index (χ4v) is 8.17. The second kappa shape index (κ2) is 15.9. The van der Waals surface area contributed by atoms with Crippen molar-refractivity contribution in [1.29, 1.82) is 0 Å². The van der Waals surface area contributed by atoms with E-state index in [4.69, 9.17) is 37.9 Å². The number of nitrogens with zero attached hydrogens (tertiary/aromatic N) is 5. The van der Waals surface area contributed by atoms with Crippen LogP contribution in [-0.2, 0) is 31.4 Å². The molecule has 2 fully saturated rings. The number of aromatic nitrogens is 4. The Balaban J connectivity index is 1.05. The van der Waals surface area contributed by atoms with E-state index in [1.54, 1.807) is 31.5 Å². The fraction of sp³-hybridized carbons (Fsp3) is 0.447. The Labute approximate surface area is 313 Å². The van der Waals surface area contributed by atoms with Crippen molar-refractivity contribution in [3.8, 4) is 28.4 Å². The summed E-state index contributed by atoms with van der Waals surface area (Å²) >= 11 is 14.0. The van der Waals surface area contributed by atoms with Gasteiger partial charge < -0.3 is 30.4 Å². The standard InChI is InChI=1S/C38H44Cl2N8O4/c1-47-31-15-17-48(20-22-6-10-25(49)11-7-22)21-30(31)44-36(47)37(51)45-29-5-3-4-27(33(29)39)35-34(40)26(14-16-42-35)28-12-8-23(38(46-28)52-2)18-41-19-24-9-13-32(50)43-24/h3-5,8,12,14,16,22,24-25,41,49H,6-7,9-11,13,15,17-21H2,1-2H3,(H,43,50)(H,45,51)/t22?,24-,25?/m0/s1. The van der Waals surface area contributed by atoms with E-state index >= 15 is 0 Å². The molecule has 4 aromatic rings. The molecule has 274 valence electrons. The first-order valence-corrected chi connectivity index (χ1v) is 18.7. The maximum atomic E-state index is 13.6. The highest BCUT2D eigenvalue weighted by Gasteiger charge is 2.29. The number of methoxy groups -OCH3 is 1. The minimum atomic E-state index is -0.351. The second-order valence-corrected chi connectivity index (χ2v) is 14.7. The number of pyridine rings is 2. The van der Waals surface area contributed by atoms with E-state index in [2.05, 4.69) is 25.8 Å². The highest BCUT2D eigenvalue weighted by atomic mass is 35.5. The van der Waals surface area contributed by atoms with Crippen LogP contribution in [0.1, 0.15) is 66.1 Å². The third-order valence-corrected chi connectivity index (χ3v) is 11.3. The number of fused-ring (bicyclic) bond motifs is 1.